The summed E-state index contributed by atoms with van der Waals surface area (Å²) < 4.78 is 1.13. The van der Waals surface area contributed by atoms with E-state index in [1.807, 2.05) is 48.5 Å². The lowest BCUT2D eigenvalue weighted by molar-refractivity contribution is -0.136. The highest BCUT2D eigenvalue weighted by molar-refractivity contribution is 7.21. The third-order valence-electron chi connectivity index (χ3n) is 3.10. The second kappa shape index (κ2) is 5.43. The topological polar surface area (TPSA) is 50.2 Å². The van der Waals surface area contributed by atoms with Crippen molar-refractivity contribution in [3.8, 4) is 10.6 Å². The predicted octanol–water partition coefficient (Wildman–Crippen LogP) is 3.98. The summed E-state index contributed by atoms with van der Waals surface area (Å²) in [5.74, 6) is -0.770. The van der Waals surface area contributed by atoms with Crippen LogP contribution in [0.3, 0.4) is 0 Å². The van der Waals surface area contributed by atoms with E-state index in [4.69, 9.17) is 5.11 Å². The lowest BCUT2D eigenvalue weighted by Gasteiger charge is -1.97. The van der Waals surface area contributed by atoms with Gasteiger partial charge in [0.05, 0.1) is 10.2 Å². The van der Waals surface area contributed by atoms with Crippen molar-refractivity contribution >= 4 is 27.5 Å². The molecule has 3 aromatic rings. The second-order valence-electron chi connectivity index (χ2n) is 4.58. The van der Waals surface area contributed by atoms with Crippen molar-refractivity contribution in [3.63, 3.8) is 0 Å². The highest BCUT2D eigenvalue weighted by Gasteiger charge is 2.07. The molecule has 0 aliphatic heterocycles. The second-order valence-corrected chi connectivity index (χ2v) is 5.61. The summed E-state index contributed by atoms with van der Waals surface area (Å²) in [6, 6.07) is 16.1. The van der Waals surface area contributed by atoms with Gasteiger partial charge in [0.15, 0.2) is 0 Å². The zero-order valence-electron chi connectivity index (χ0n) is 10.7. The molecule has 0 saturated carbocycles. The lowest BCUT2D eigenvalue weighted by Crippen LogP contribution is -1.97. The third-order valence-corrected chi connectivity index (χ3v) is 4.19. The number of carboxylic acid groups (broad SMARTS) is 1. The fourth-order valence-electron chi connectivity index (χ4n) is 2.08. The Labute approximate surface area is 120 Å². The van der Waals surface area contributed by atoms with E-state index >= 15 is 0 Å². The summed E-state index contributed by atoms with van der Waals surface area (Å²) in [4.78, 5) is 15.3. The maximum Gasteiger partial charge on any atom is 0.303 e. The largest absolute Gasteiger partial charge is 0.481 e. The fourth-order valence-corrected chi connectivity index (χ4v) is 3.04. The predicted molar refractivity (Wildman–Crippen MR) is 81.0 cm³/mol. The number of thiazole rings is 1. The number of fused-ring (bicyclic) bond motifs is 1. The van der Waals surface area contributed by atoms with Gasteiger partial charge >= 0.3 is 5.97 Å². The molecule has 2 aromatic carbocycles. The minimum Gasteiger partial charge on any atom is -0.481 e. The molecule has 1 N–H and O–H groups in total. The molecule has 3 nitrogen and oxygen atoms in total. The number of carboxylic acids is 1. The maximum absolute atomic E-state index is 10.6. The molecular weight excluding hydrogens is 270 g/mol. The van der Waals surface area contributed by atoms with Gasteiger partial charge in [0.25, 0.3) is 0 Å². The van der Waals surface area contributed by atoms with Crippen LogP contribution in [0.4, 0.5) is 0 Å². The Kier molecular flexibility index (Phi) is 3.48. The Morgan fingerprint density at radius 3 is 2.70 bits per heavy atom. The van der Waals surface area contributed by atoms with Crippen LogP contribution in [0.2, 0.25) is 0 Å². The van der Waals surface area contributed by atoms with Crippen molar-refractivity contribution in [2.45, 2.75) is 12.8 Å². The Morgan fingerprint density at radius 1 is 1.15 bits per heavy atom. The van der Waals surface area contributed by atoms with E-state index in [1.165, 1.54) is 0 Å². The summed E-state index contributed by atoms with van der Waals surface area (Å²) in [5.41, 5.74) is 3.07. The molecule has 3 rings (SSSR count). The van der Waals surface area contributed by atoms with Gasteiger partial charge in [0.2, 0.25) is 0 Å². The van der Waals surface area contributed by atoms with E-state index in [-0.39, 0.29) is 6.42 Å². The van der Waals surface area contributed by atoms with Gasteiger partial charge in [0.1, 0.15) is 5.01 Å². The van der Waals surface area contributed by atoms with E-state index in [2.05, 4.69) is 4.98 Å². The average Bonchev–Trinajstić information content (AvgIpc) is 2.89. The van der Waals surface area contributed by atoms with Crippen molar-refractivity contribution < 1.29 is 9.90 Å². The van der Waals surface area contributed by atoms with Crippen LogP contribution in [-0.2, 0) is 11.2 Å². The van der Waals surface area contributed by atoms with Crippen molar-refractivity contribution in [1.82, 2.24) is 4.98 Å². The van der Waals surface area contributed by atoms with Crippen molar-refractivity contribution in [2.75, 3.05) is 0 Å². The first-order valence-electron chi connectivity index (χ1n) is 6.39. The molecule has 0 fully saturated rings. The standard InChI is InChI=1S/C16H13NO2S/c18-15(19)9-7-11-6-8-14-13(10-11)17-16(20-14)12-4-2-1-3-5-12/h1-6,8,10H,7,9H2,(H,18,19). The first-order chi connectivity index (χ1) is 9.72. The number of aromatic nitrogens is 1. The van der Waals surface area contributed by atoms with Gasteiger partial charge in [0, 0.05) is 12.0 Å². The van der Waals surface area contributed by atoms with E-state index in [9.17, 15) is 4.79 Å². The zero-order valence-corrected chi connectivity index (χ0v) is 11.6. The molecule has 0 amide bonds. The highest BCUT2D eigenvalue weighted by atomic mass is 32.1. The molecule has 4 heteroatoms. The molecule has 1 aromatic heterocycles. The van der Waals surface area contributed by atoms with Gasteiger partial charge in [-0.3, -0.25) is 4.79 Å². The average molecular weight is 283 g/mol. The SMILES string of the molecule is O=C(O)CCc1ccc2sc(-c3ccccc3)nc2c1. The smallest absolute Gasteiger partial charge is 0.303 e. The number of carbonyl (C=O) groups is 1. The molecule has 100 valence electrons. The van der Waals surface area contributed by atoms with E-state index in [0.29, 0.717) is 6.42 Å². The maximum atomic E-state index is 10.6. The summed E-state index contributed by atoms with van der Waals surface area (Å²) >= 11 is 1.66. The number of hydrogen-bond donors (Lipinski definition) is 1. The zero-order chi connectivity index (χ0) is 13.9. The van der Waals surface area contributed by atoms with E-state index < -0.39 is 5.97 Å². The molecular formula is C16H13NO2S. The van der Waals surface area contributed by atoms with E-state index in [0.717, 1.165) is 26.4 Å². The van der Waals surface area contributed by atoms with Crippen molar-refractivity contribution in [2.24, 2.45) is 0 Å². The molecule has 20 heavy (non-hydrogen) atoms. The van der Waals surface area contributed by atoms with Gasteiger partial charge in [-0.15, -0.1) is 11.3 Å². The first kappa shape index (κ1) is 12.8. The van der Waals surface area contributed by atoms with Crippen LogP contribution in [0, 0.1) is 0 Å². The van der Waals surface area contributed by atoms with Crippen LogP contribution >= 0.6 is 11.3 Å². The quantitative estimate of drug-likeness (QED) is 0.788. The summed E-state index contributed by atoms with van der Waals surface area (Å²) in [7, 11) is 0. The molecule has 0 atom stereocenters. The number of aliphatic carboxylic acids is 1. The highest BCUT2D eigenvalue weighted by Crippen LogP contribution is 2.30. The fraction of sp³-hybridized carbons (Fsp3) is 0.125. The molecule has 0 bridgehead atoms. The molecule has 0 aliphatic rings. The Balaban J connectivity index is 1.93. The number of benzene rings is 2. The van der Waals surface area contributed by atoms with Crippen LogP contribution in [0.25, 0.3) is 20.8 Å². The number of rotatable bonds is 4. The monoisotopic (exact) mass is 283 g/mol. The normalized spacial score (nSPS) is 10.8. The van der Waals surface area contributed by atoms with E-state index in [1.54, 1.807) is 11.3 Å². The van der Waals surface area contributed by atoms with Gasteiger partial charge < -0.3 is 5.11 Å². The van der Waals surface area contributed by atoms with Crippen LogP contribution in [-0.4, -0.2) is 16.1 Å². The number of aryl methyl sites for hydroxylation is 1. The van der Waals surface area contributed by atoms with Gasteiger partial charge in [-0.1, -0.05) is 36.4 Å². The molecule has 0 radical (unpaired) electrons. The molecule has 0 saturated heterocycles. The van der Waals surface area contributed by atoms with Crippen molar-refractivity contribution in [3.05, 3.63) is 54.1 Å². The molecule has 1 heterocycles. The summed E-state index contributed by atoms with van der Waals surface area (Å²) in [6.07, 6.45) is 0.699. The minimum atomic E-state index is -0.770. The van der Waals surface area contributed by atoms with Crippen molar-refractivity contribution in [1.29, 1.82) is 0 Å². The first-order valence-corrected chi connectivity index (χ1v) is 7.21. The number of hydrogen-bond acceptors (Lipinski definition) is 3. The van der Waals surface area contributed by atoms with Gasteiger partial charge in [-0.05, 0) is 24.1 Å². The summed E-state index contributed by atoms with van der Waals surface area (Å²) in [5, 5.41) is 9.72. The third kappa shape index (κ3) is 2.70. The number of nitrogens with zero attached hydrogens (tertiary/aromatic N) is 1. The van der Waals surface area contributed by atoms with Crippen LogP contribution < -0.4 is 0 Å². The Bertz CT molecular complexity index is 750. The Hall–Kier alpha value is -2.20. The van der Waals surface area contributed by atoms with Gasteiger partial charge in [-0.25, -0.2) is 4.98 Å². The van der Waals surface area contributed by atoms with Gasteiger partial charge in [-0.2, -0.15) is 0 Å². The Morgan fingerprint density at radius 2 is 1.95 bits per heavy atom. The lowest BCUT2D eigenvalue weighted by atomic mass is 10.1. The van der Waals surface area contributed by atoms with Crippen LogP contribution in [0.5, 0.6) is 0 Å². The van der Waals surface area contributed by atoms with Crippen LogP contribution in [0.15, 0.2) is 48.5 Å². The molecule has 0 unspecified atom stereocenters. The minimum absolute atomic E-state index is 0.154. The molecule has 0 spiro atoms. The van der Waals surface area contributed by atoms with Crippen LogP contribution in [0.1, 0.15) is 12.0 Å². The molecule has 0 aliphatic carbocycles. The summed E-state index contributed by atoms with van der Waals surface area (Å²) in [6.45, 7) is 0.